The maximum Gasteiger partial charge on any atom is 0.238 e. The molecule has 1 fully saturated rings. The number of nitrogens with zero attached hydrogens (tertiary/aromatic N) is 1. The molecular weight excluding hydrogens is 290 g/mol. The van der Waals surface area contributed by atoms with E-state index in [0.717, 1.165) is 24.2 Å². The van der Waals surface area contributed by atoms with Crippen LogP contribution in [0.3, 0.4) is 0 Å². The molecule has 0 radical (unpaired) electrons. The highest BCUT2D eigenvalue weighted by Crippen LogP contribution is 2.32. The number of benzene rings is 1. The van der Waals surface area contributed by atoms with Crippen LogP contribution in [0, 0.1) is 0 Å². The summed E-state index contributed by atoms with van der Waals surface area (Å²) < 4.78 is 28.4. The first-order valence-electron chi connectivity index (χ1n) is 7.10. The Morgan fingerprint density at radius 2 is 2.00 bits per heavy atom. The van der Waals surface area contributed by atoms with Crippen LogP contribution in [0.15, 0.2) is 24.3 Å². The summed E-state index contributed by atoms with van der Waals surface area (Å²) in [5.74, 6) is 0.0778. The summed E-state index contributed by atoms with van der Waals surface area (Å²) in [5.41, 5.74) is 1.02. The number of rotatable bonds is 5. The SMILES string of the molecule is CCS(=O)(=O)CC(=O)N1CCCC1c1ccc(OC)cc1. The maximum absolute atomic E-state index is 12.2. The van der Waals surface area contributed by atoms with Crippen molar-refractivity contribution in [2.24, 2.45) is 0 Å². The monoisotopic (exact) mass is 311 g/mol. The molecule has 1 aliphatic heterocycles. The lowest BCUT2D eigenvalue weighted by Gasteiger charge is -2.25. The Kier molecular flexibility index (Phi) is 4.88. The molecule has 2 rings (SSSR count). The molecule has 1 aromatic rings. The van der Waals surface area contributed by atoms with Crippen molar-refractivity contribution in [3.05, 3.63) is 29.8 Å². The van der Waals surface area contributed by atoms with Gasteiger partial charge in [-0.1, -0.05) is 19.1 Å². The molecule has 0 spiro atoms. The summed E-state index contributed by atoms with van der Waals surface area (Å²) in [5, 5.41) is 0. The minimum Gasteiger partial charge on any atom is -0.497 e. The van der Waals surface area contributed by atoms with E-state index in [1.165, 1.54) is 0 Å². The smallest absolute Gasteiger partial charge is 0.238 e. The third-order valence-electron chi connectivity index (χ3n) is 3.86. The number of sulfone groups is 1. The molecule has 21 heavy (non-hydrogen) atoms. The number of hydrogen-bond donors (Lipinski definition) is 0. The number of likely N-dealkylation sites (tertiary alicyclic amines) is 1. The largest absolute Gasteiger partial charge is 0.497 e. The lowest BCUT2D eigenvalue weighted by atomic mass is 10.0. The van der Waals surface area contributed by atoms with Crippen molar-refractivity contribution in [3.8, 4) is 5.75 Å². The van der Waals surface area contributed by atoms with Crippen molar-refractivity contribution >= 4 is 15.7 Å². The molecule has 6 heteroatoms. The minimum absolute atomic E-state index is 0.000216. The van der Waals surface area contributed by atoms with Gasteiger partial charge in [-0.05, 0) is 30.5 Å². The van der Waals surface area contributed by atoms with Gasteiger partial charge in [-0.3, -0.25) is 4.79 Å². The Bertz CT molecular complexity index is 595. The van der Waals surface area contributed by atoms with Gasteiger partial charge in [-0.25, -0.2) is 8.42 Å². The zero-order valence-corrected chi connectivity index (χ0v) is 13.2. The van der Waals surface area contributed by atoms with E-state index < -0.39 is 15.6 Å². The van der Waals surface area contributed by atoms with Crippen LogP contribution >= 0.6 is 0 Å². The number of carbonyl (C=O) groups is 1. The van der Waals surface area contributed by atoms with Gasteiger partial charge in [0.05, 0.1) is 13.2 Å². The molecule has 1 atom stereocenters. The van der Waals surface area contributed by atoms with Crippen LogP contribution in [0.2, 0.25) is 0 Å². The van der Waals surface area contributed by atoms with Crippen molar-refractivity contribution < 1.29 is 17.9 Å². The van der Waals surface area contributed by atoms with Crippen molar-refractivity contribution in [2.45, 2.75) is 25.8 Å². The zero-order valence-electron chi connectivity index (χ0n) is 12.4. The highest BCUT2D eigenvalue weighted by Gasteiger charge is 2.31. The fraction of sp³-hybridized carbons (Fsp3) is 0.533. The highest BCUT2D eigenvalue weighted by molar-refractivity contribution is 7.92. The fourth-order valence-electron chi connectivity index (χ4n) is 2.61. The number of hydrogen-bond acceptors (Lipinski definition) is 4. The van der Waals surface area contributed by atoms with Crippen molar-refractivity contribution in [1.29, 1.82) is 0 Å². The van der Waals surface area contributed by atoms with Crippen molar-refractivity contribution in [1.82, 2.24) is 4.90 Å². The van der Waals surface area contributed by atoms with E-state index >= 15 is 0 Å². The Hall–Kier alpha value is -1.56. The fourth-order valence-corrected chi connectivity index (χ4v) is 3.36. The Labute approximate surface area is 125 Å². The highest BCUT2D eigenvalue weighted by atomic mass is 32.2. The van der Waals surface area contributed by atoms with Crippen LogP contribution in [0.1, 0.15) is 31.4 Å². The van der Waals surface area contributed by atoms with E-state index in [1.807, 2.05) is 24.3 Å². The summed E-state index contributed by atoms with van der Waals surface area (Å²) in [7, 11) is -1.68. The number of amides is 1. The molecule has 116 valence electrons. The second kappa shape index (κ2) is 6.47. The molecule has 0 aliphatic carbocycles. The lowest BCUT2D eigenvalue weighted by molar-refractivity contribution is -0.129. The summed E-state index contributed by atoms with van der Waals surface area (Å²) in [6.07, 6.45) is 1.76. The van der Waals surface area contributed by atoms with E-state index in [1.54, 1.807) is 18.9 Å². The number of ether oxygens (including phenoxy) is 1. The third kappa shape index (κ3) is 3.75. The molecule has 5 nitrogen and oxygen atoms in total. The molecule has 0 aromatic heterocycles. The molecule has 0 saturated carbocycles. The first-order chi connectivity index (χ1) is 9.96. The van der Waals surface area contributed by atoms with Gasteiger partial charge in [-0.15, -0.1) is 0 Å². The Morgan fingerprint density at radius 3 is 2.57 bits per heavy atom. The number of carbonyl (C=O) groups excluding carboxylic acids is 1. The molecular formula is C15H21NO4S. The second-order valence-corrected chi connectivity index (χ2v) is 7.55. The van der Waals surface area contributed by atoms with Crippen LogP contribution in [0.5, 0.6) is 5.75 Å². The zero-order chi connectivity index (χ0) is 15.5. The standard InChI is InChI=1S/C15H21NO4S/c1-3-21(18,19)11-15(17)16-10-4-5-14(16)12-6-8-13(20-2)9-7-12/h6-9,14H,3-5,10-11H2,1-2H3. The van der Waals surface area contributed by atoms with E-state index in [-0.39, 0.29) is 17.7 Å². The molecule has 1 unspecified atom stereocenters. The predicted molar refractivity (Wildman–Crippen MR) is 81.0 cm³/mol. The summed E-state index contributed by atoms with van der Waals surface area (Å²) in [6.45, 7) is 2.18. The van der Waals surface area contributed by atoms with Crippen LogP contribution < -0.4 is 4.74 Å². The molecule has 1 amide bonds. The van der Waals surface area contributed by atoms with E-state index in [0.29, 0.717) is 6.54 Å². The average Bonchev–Trinajstić information content (AvgIpc) is 2.96. The van der Waals surface area contributed by atoms with Crippen LogP contribution in [-0.2, 0) is 14.6 Å². The summed E-state index contributed by atoms with van der Waals surface area (Å²) >= 11 is 0. The quantitative estimate of drug-likeness (QED) is 0.832. The molecule has 0 N–H and O–H groups in total. The van der Waals surface area contributed by atoms with Crippen molar-refractivity contribution in [3.63, 3.8) is 0 Å². The molecule has 1 saturated heterocycles. The molecule has 1 aliphatic rings. The van der Waals surface area contributed by atoms with Gasteiger partial charge in [0.1, 0.15) is 11.5 Å². The first kappa shape index (κ1) is 15.8. The summed E-state index contributed by atoms with van der Waals surface area (Å²) in [6, 6.07) is 7.56. The van der Waals surface area contributed by atoms with E-state index in [4.69, 9.17) is 4.74 Å². The van der Waals surface area contributed by atoms with Gasteiger partial charge in [0.15, 0.2) is 9.84 Å². The Balaban J connectivity index is 2.14. The van der Waals surface area contributed by atoms with Gasteiger partial charge < -0.3 is 9.64 Å². The van der Waals surface area contributed by atoms with Gasteiger partial charge in [0, 0.05) is 12.3 Å². The van der Waals surface area contributed by atoms with Crippen molar-refractivity contribution in [2.75, 3.05) is 25.2 Å². The van der Waals surface area contributed by atoms with Crippen LogP contribution in [-0.4, -0.2) is 44.4 Å². The molecule has 1 heterocycles. The Morgan fingerprint density at radius 1 is 1.33 bits per heavy atom. The third-order valence-corrected chi connectivity index (χ3v) is 5.42. The van der Waals surface area contributed by atoms with Gasteiger partial charge in [0.2, 0.25) is 5.91 Å². The normalized spacial score (nSPS) is 18.8. The second-order valence-electron chi connectivity index (χ2n) is 5.19. The van der Waals surface area contributed by atoms with Gasteiger partial charge in [0.25, 0.3) is 0 Å². The number of methoxy groups -OCH3 is 1. The van der Waals surface area contributed by atoms with Crippen LogP contribution in [0.4, 0.5) is 0 Å². The van der Waals surface area contributed by atoms with E-state index in [2.05, 4.69) is 0 Å². The lowest BCUT2D eigenvalue weighted by Crippen LogP contribution is -2.35. The minimum atomic E-state index is -3.28. The molecule has 0 bridgehead atoms. The predicted octanol–water partition coefficient (Wildman–Crippen LogP) is 1.79. The van der Waals surface area contributed by atoms with Gasteiger partial charge in [-0.2, -0.15) is 0 Å². The van der Waals surface area contributed by atoms with E-state index in [9.17, 15) is 13.2 Å². The first-order valence-corrected chi connectivity index (χ1v) is 8.93. The summed E-state index contributed by atoms with van der Waals surface area (Å²) in [4.78, 5) is 13.9. The topological polar surface area (TPSA) is 63.7 Å². The molecule has 1 aromatic carbocycles. The van der Waals surface area contributed by atoms with Gasteiger partial charge >= 0.3 is 0 Å². The van der Waals surface area contributed by atoms with Crippen LogP contribution in [0.25, 0.3) is 0 Å². The average molecular weight is 311 g/mol. The maximum atomic E-state index is 12.2.